The normalized spacial score (nSPS) is 14.4. The van der Waals surface area contributed by atoms with Gasteiger partial charge in [-0.2, -0.15) is 0 Å². The summed E-state index contributed by atoms with van der Waals surface area (Å²) < 4.78 is 15.1. The van der Waals surface area contributed by atoms with Crippen molar-refractivity contribution in [1.82, 2.24) is 5.32 Å². The molecular weight excluding hydrogens is 354 g/mol. The molecule has 1 aromatic rings. The molecule has 0 aliphatic heterocycles. The Labute approximate surface area is 158 Å². The van der Waals surface area contributed by atoms with E-state index in [0.29, 0.717) is 0 Å². The second-order valence-electron chi connectivity index (χ2n) is 7.04. The molecular formula is C19H27NO7. The Bertz CT molecular complexity index is 637. The van der Waals surface area contributed by atoms with Crippen LogP contribution in [0.4, 0.5) is 4.79 Å². The minimum atomic E-state index is -1.38. The van der Waals surface area contributed by atoms with Crippen molar-refractivity contribution in [2.45, 2.75) is 65.1 Å². The lowest BCUT2D eigenvalue weighted by atomic mass is 10.2. The number of nitrogens with one attached hydrogen (secondary N) is 1. The first-order valence-electron chi connectivity index (χ1n) is 8.58. The largest absolute Gasteiger partial charge is 0.458 e. The zero-order valence-corrected chi connectivity index (χ0v) is 16.2. The van der Waals surface area contributed by atoms with Crippen LogP contribution >= 0.6 is 0 Å². The number of esters is 2. The van der Waals surface area contributed by atoms with Gasteiger partial charge in [-0.05, 0) is 40.2 Å². The van der Waals surface area contributed by atoms with E-state index in [2.05, 4.69) is 5.32 Å². The van der Waals surface area contributed by atoms with Gasteiger partial charge in [-0.25, -0.2) is 14.4 Å². The van der Waals surface area contributed by atoms with Crippen molar-refractivity contribution in [2.24, 2.45) is 0 Å². The molecule has 0 spiro atoms. The third-order valence-corrected chi connectivity index (χ3v) is 3.26. The van der Waals surface area contributed by atoms with Crippen LogP contribution in [0.1, 0.15) is 40.2 Å². The summed E-state index contributed by atoms with van der Waals surface area (Å²) in [5.41, 5.74) is 0.0176. The van der Waals surface area contributed by atoms with Crippen molar-refractivity contribution in [3.05, 3.63) is 35.9 Å². The molecule has 0 unspecified atom stereocenters. The summed E-state index contributed by atoms with van der Waals surface area (Å²) in [7, 11) is 0. The molecule has 0 aromatic heterocycles. The number of alkyl carbamates (subject to hydrolysis) is 1. The van der Waals surface area contributed by atoms with Gasteiger partial charge in [0.2, 0.25) is 0 Å². The second-order valence-corrected chi connectivity index (χ2v) is 7.04. The molecule has 8 heteroatoms. The van der Waals surface area contributed by atoms with E-state index in [4.69, 9.17) is 14.2 Å². The Balaban J connectivity index is 2.58. The van der Waals surface area contributed by atoms with E-state index in [-0.39, 0.29) is 6.61 Å². The van der Waals surface area contributed by atoms with E-state index in [9.17, 15) is 19.5 Å². The minimum Gasteiger partial charge on any atom is -0.458 e. The fraction of sp³-hybridized carbons (Fsp3) is 0.526. The summed E-state index contributed by atoms with van der Waals surface area (Å²) in [5, 5.41) is 12.0. The first-order valence-corrected chi connectivity index (χ1v) is 8.58. The van der Waals surface area contributed by atoms with E-state index in [1.54, 1.807) is 32.9 Å². The minimum absolute atomic E-state index is 0.0392. The molecule has 27 heavy (non-hydrogen) atoms. The maximum Gasteiger partial charge on any atom is 0.408 e. The molecule has 0 saturated carbocycles. The number of amides is 1. The Morgan fingerprint density at radius 3 is 2.19 bits per heavy atom. The molecule has 1 amide bonds. The quantitative estimate of drug-likeness (QED) is 0.548. The van der Waals surface area contributed by atoms with Crippen LogP contribution in [0.25, 0.3) is 0 Å². The Kier molecular flexibility index (Phi) is 8.24. The van der Waals surface area contributed by atoms with Gasteiger partial charge in [0, 0.05) is 0 Å². The Morgan fingerprint density at radius 1 is 1.07 bits per heavy atom. The third kappa shape index (κ3) is 8.54. The summed E-state index contributed by atoms with van der Waals surface area (Å²) in [4.78, 5) is 36.0. The monoisotopic (exact) mass is 381 g/mol. The van der Waals surface area contributed by atoms with E-state index < -0.39 is 41.9 Å². The van der Waals surface area contributed by atoms with E-state index in [1.807, 2.05) is 18.2 Å². The fourth-order valence-electron chi connectivity index (χ4n) is 1.95. The van der Waals surface area contributed by atoms with Crippen LogP contribution in [-0.4, -0.2) is 47.0 Å². The number of hydrogen-bond acceptors (Lipinski definition) is 7. The molecule has 8 nitrogen and oxygen atoms in total. The summed E-state index contributed by atoms with van der Waals surface area (Å²) in [6, 6.07) is 7.65. The van der Waals surface area contributed by atoms with Crippen LogP contribution in [0.3, 0.4) is 0 Å². The molecule has 0 fully saturated rings. The Hall–Kier alpha value is -2.61. The predicted molar refractivity (Wildman–Crippen MR) is 96.6 cm³/mol. The number of carbonyl (C=O) groups excluding carboxylic acids is 3. The van der Waals surface area contributed by atoms with Gasteiger partial charge in [-0.15, -0.1) is 0 Å². The summed E-state index contributed by atoms with van der Waals surface area (Å²) in [6.07, 6.45) is -3.34. The highest BCUT2D eigenvalue weighted by atomic mass is 16.6. The highest BCUT2D eigenvalue weighted by Crippen LogP contribution is 2.09. The molecule has 150 valence electrons. The van der Waals surface area contributed by atoms with Gasteiger partial charge in [0.05, 0.1) is 6.10 Å². The first-order chi connectivity index (χ1) is 12.5. The lowest BCUT2D eigenvalue weighted by Gasteiger charge is -2.25. The zero-order chi connectivity index (χ0) is 20.6. The summed E-state index contributed by atoms with van der Waals surface area (Å²) >= 11 is 0. The number of carbonyl (C=O) groups is 3. The second kappa shape index (κ2) is 9.91. The molecule has 0 aliphatic carbocycles. The molecule has 0 saturated heterocycles. The first kappa shape index (κ1) is 22.4. The zero-order valence-electron chi connectivity index (χ0n) is 16.2. The van der Waals surface area contributed by atoms with E-state index in [0.717, 1.165) is 5.56 Å². The fourth-order valence-corrected chi connectivity index (χ4v) is 1.95. The van der Waals surface area contributed by atoms with Crippen molar-refractivity contribution >= 4 is 18.0 Å². The van der Waals surface area contributed by atoms with Crippen molar-refractivity contribution in [3.8, 4) is 0 Å². The standard InChI is InChI=1S/C19H27NO7/c1-12(21)15(20-18(24)27-19(3,4)5)17(23)26-13(2)16(22)25-11-14-9-7-6-8-10-14/h6-10,12-13,15,21H,11H2,1-5H3,(H,20,24)/t12-,13-,15-/m0/s1. The molecule has 1 aromatic carbocycles. The molecule has 2 N–H and O–H groups in total. The van der Waals surface area contributed by atoms with Crippen molar-refractivity contribution in [3.63, 3.8) is 0 Å². The number of aliphatic hydroxyl groups excluding tert-OH is 1. The number of rotatable bonds is 7. The van der Waals surface area contributed by atoms with Crippen LogP contribution in [-0.2, 0) is 30.4 Å². The molecule has 1 rings (SSSR count). The van der Waals surface area contributed by atoms with Gasteiger partial charge >= 0.3 is 18.0 Å². The number of benzene rings is 1. The maximum atomic E-state index is 12.2. The van der Waals surface area contributed by atoms with Gasteiger partial charge in [0.1, 0.15) is 12.2 Å². The van der Waals surface area contributed by atoms with Gasteiger partial charge in [0.25, 0.3) is 0 Å². The summed E-state index contributed by atoms with van der Waals surface area (Å²) in [6.45, 7) is 7.67. The molecule has 0 aliphatic rings. The molecule has 3 atom stereocenters. The van der Waals surface area contributed by atoms with E-state index >= 15 is 0 Å². The van der Waals surface area contributed by atoms with Crippen LogP contribution in [0.2, 0.25) is 0 Å². The highest BCUT2D eigenvalue weighted by Gasteiger charge is 2.32. The maximum absolute atomic E-state index is 12.2. The molecule has 0 radical (unpaired) electrons. The topological polar surface area (TPSA) is 111 Å². The average Bonchev–Trinajstić information content (AvgIpc) is 2.56. The van der Waals surface area contributed by atoms with Crippen molar-refractivity contribution < 1.29 is 33.7 Å². The lowest BCUT2D eigenvalue weighted by Crippen LogP contribution is -2.51. The van der Waals surface area contributed by atoms with Crippen LogP contribution in [0, 0.1) is 0 Å². The lowest BCUT2D eigenvalue weighted by molar-refractivity contribution is -0.170. The SMILES string of the molecule is C[C@H](OC(=O)[C@@H](NC(=O)OC(C)(C)C)[C@H](C)O)C(=O)OCc1ccccc1. The Morgan fingerprint density at radius 2 is 1.67 bits per heavy atom. The van der Waals surface area contributed by atoms with E-state index in [1.165, 1.54) is 13.8 Å². The smallest absolute Gasteiger partial charge is 0.408 e. The van der Waals surface area contributed by atoms with Crippen molar-refractivity contribution in [1.29, 1.82) is 0 Å². The van der Waals surface area contributed by atoms with Crippen molar-refractivity contribution in [2.75, 3.05) is 0 Å². The number of hydrogen-bond donors (Lipinski definition) is 2. The number of ether oxygens (including phenoxy) is 3. The van der Waals surface area contributed by atoms with Gasteiger partial charge in [-0.3, -0.25) is 0 Å². The van der Waals surface area contributed by atoms with Gasteiger partial charge in [-0.1, -0.05) is 30.3 Å². The van der Waals surface area contributed by atoms with Crippen LogP contribution < -0.4 is 5.32 Å². The van der Waals surface area contributed by atoms with Gasteiger partial charge in [0.15, 0.2) is 12.1 Å². The highest BCUT2D eigenvalue weighted by molar-refractivity contribution is 5.85. The van der Waals surface area contributed by atoms with Gasteiger partial charge < -0.3 is 24.6 Å². The summed E-state index contributed by atoms with van der Waals surface area (Å²) in [5.74, 6) is -1.71. The molecule has 0 heterocycles. The third-order valence-electron chi connectivity index (χ3n) is 3.26. The van der Waals surface area contributed by atoms with Crippen LogP contribution in [0.5, 0.6) is 0 Å². The average molecular weight is 381 g/mol. The van der Waals surface area contributed by atoms with Crippen LogP contribution in [0.15, 0.2) is 30.3 Å². The molecule has 0 bridgehead atoms. The number of aliphatic hydroxyl groups is 1. The predicted octanol–water partition coefficient (Wildman–Crippen LogP) is 1.94.